The number of carbonyl (C=O) groups is 1. The van der Waals surface area contributed by atoms with Crippen molar-refractivity contribution in [2.24, 2.45) is 16.6 Å². The van der Waals surface area contributed by atoms with Gasteiger partial charge in [-0.2, -0.15) is 0 Å². The summed E-state index contributed by atoms with van der Waals surface area (Å²) in [5.74, 6) is 0.881. The molecule has 2 heterocycles. The number of imidazole rings is 1. The van der Waals surface area contributed by atoms with Gasteiger partial charge in [0.2, 0.25) is 17.7 Å². The zero-order chi connectivity index (χ0) is 26.2. The van der Waals surface area contributed by atoms with Crippen LogP contribution < -0.4 is 16.2 Å². The lowest BCUT2D eigenvalue weighted by Gasteiger charge is -2.16. The molecule has 4 N–H and O–H groups in total. The molecule has 0 radical (unpaired) electrons. The largest absolute Gasteiger partial charge is 0.481 e. The highest BCUT2D eigenvalue weighted by Crippen LogP contribution is 2.25. The number of nitrogens with zero attached hydrogens (tertiary/aromatic N) is 4. The van der Waals surface area contributed by atoms with E-state index in [0.29, 0.717) is 35.6 Å². The summed E-state index contributed by atoms with van der Waals surface area (Å²) < 4.78 is 19.0. The molecule has 1 aromatic carbocycles. The summed E-state index contributed by atoms with van der Waals surface area (Å²) in [4.78, 5) is 25.1. The van der Waals surface area contributed by atoms with E-state index in [9.17, 15) is 4.79 Å². The Labute approximate surface area is 218 Å². The van der Waals surface area contributed by atoms with Gasteiger partial charge in [0.25, 0.3) is 0 Å². The van der Waals surface area contributed by atoms with Crippen molar-refractivity contribution in [1.29, 1.82) is 0 Å². The zero-order valence-corrected chi connectivity index (χ0v) is 22.4. The molecular formula is C25H31BrN6O4. The molecule has 0 aliphatic heterocycles. The smallest absolute Gasteiger partial charge is 0.338 e. The Bertz CT molecular complexity index is 1290. The molecule has 1 atom stereocenters. The van der Waals surface area contributed by atoms with Crippen molar-refractivity contribution in [2.75, 3.05) is 33.6 Å². The van der Waals surface area contributed by atoms with Crippen molar-refractivity contribution in [3.8, 4) is 5.88 Å². The summed E-state index contributed by atoms with van der Waals surface area (Å²) in [7, 11) is 4.37. The molecule has 36 heavy (non-hydrogen) atoms. The maximum atomic E-state index is 12.0. The predicted octanol–water partition coefficient (Wildman–Crippen LogP) is 4.03. The maximum absolute atomic E-state index is 12.0. The van der Waals surface area contributed by atoms with E-state index in [1.54, 1.807) is 13.1 Å². The Morgan fingerprint density at radius 2 is 2.03 bits per heavy atom. The average molecular weight is 559 g/mol. The Kier molecular flexibility index (Phi) is 9.29. The van der Waals surface area contributed by atoms with Crippen LogP contribution in [0.4, 0.5) is 5.95 Å². The second-order valence-electron chi connectivity index (χ2n) is 8.19. The first-order valence-electron chi connectivity index (χ1n) is 11.4. The van der Waals surface area contributed by atoms with Crippen LogP contribution in [0.1, 0.15) is 35.8 Å². The van der Waals surface area contributed by atoms with Gasteiger partial charge in [0.15, 0.2) is 0 Å². The van der Waals surface area contributed by atoms with Crippen LogP contribution in [-0.4, -0.2) is 54.3 Å². The Hall–Kier alpha value is -3.60. The highest BCUT2D eigenvalue weighted by molar-refractivity contribution is 9.10. The third kappa shape index (κ3) is 6.34. The second kappa shape index (κ2) is 12.4. The lowest BCUT2D eigenvalue weighted by Crippen LogP contribution is -2.14. The standard InChI is InChI=1S/C25H31BrN6O4/c1-15(14-32-21-12-17(26)7-8-19(21)31-25(32)28)6-5-9-36-23(29-2)18(13-27)20-10-16(24(33)35-4)11-22(30-20)34-3/h7-8,10-13,15H,5-6,9,14,27H2,1-4H3,(H2,28,31)/t15-/m1/s1. The van der Waals surface area contributed by atoms with Gasteiger partial charge in [0, 0.05) is 30.3 Å². The first kappa shape index (κ1) is 27.0. The highest BCUT2D eigenvalue weighted by atomic mass is 79.9. The second-order valence-corrected chi connectivity index (χ2v) is 9.11. The number of methoxy groups -OCH3 is 2. The van der Waals surface area contributed by atoms with E-state index in [1.807, 2.05) is 22.8 Å². The van der Waals surface area contributed by atoms with Crippen molar-refractivity contribution in [3.63, 3.8) is 0 Å². The van der Waals surface area contributed by atoms with Gasteiger partial charge >= 0.3 is 5.97 Å². The first-order valence-corrected chi connectivity index (χ1v) is 12.2. The maximum Gasteiger partial charge on any atom is 0.338 e. The summed E-state index contributed by atoms with van der Waals surface area (Å²) in [5.41, 5.74) is 15.0. The monoisotopic (exact) mass is 558 g/mol. The molecule has 192 valence electrons. The number of hydrogen-bond acceptors (Lipinski definition) is 9. The van der Waals surface area contributed by atoms with Crippen LogP contribution in [0.2, 0.25) is 0 Å². The number of aliphatic imine (C=N–C) groups is 1. The van der Waals surface area contributed by atoms with Gasteiger partial charge in [-0.1, -0.05) is 22.9 Å². The van der Waals surface area contributed by atoms with Crippen molar-refractivity contribution >= 4 is 50.4 Å². The topological polar surface area (TPSA) is 140 Å². The van der Waals surface area contributed by atoms with Crippen molar-refractivity contribution in [1.82, 2.24) is 14.5 Å². The van der Waals surface area contributed by atoms with Gasteiger partial charge in [0.05, 0.1) is 48.7 Å². The molecule has 11 heteroatoms. The minimum absolute atomic E-state index is 0.245. The third-order valence-corrected chi connectivity index (χ3v) is 6.12. The number of anilines is 1. The minimum atomic E-state index is -0.517. The molecule has 0 spiro atoms. The molecule has 3 rings (SSSR count). The SMILES string of the molecule is CN=C(OCCC[C@@H](C)Cn1c(N)nc2ccc(Br)cc21)C(=CN)c1cc(C(=O)OC)cc(OC)n1. The van der Waals surface area contributed by atoms with Crippen LogP contribution in [0.3, 0.4) is 0 Å². The van der Waals surface area contributed by atoms with Gasteiger partial charge in [-0.05, 0) is 43.0 Å². The number of ether oxygens (including phenoxy) is 3. The van der Waals surface area contributed by atoms with Gasteiger partial charge in [-0.25, -0.2) is 14.8 Å². The number of nitrogen functional groups attached to an aromatic ring is 1. The van der Waals surface area contributed by atoms with Crippen molar-refractivity contribution in [3.05, 3.63) is 52.3 Å². The Morgan fingerprint density at radius 3 is 2.69 bits per heavy atom. The number of esters is 1. The number of hydrogen-bond donors (Lipinski definition) is 2. The molecule has 0 bridgehead atoms. The molecule has 2 aromatic heterocycles. The third-order valence-electron chi connectivity index (χ3n) is 5.62. The number of nitrogens with two attached hydrogens (primary N) is 2. The summed E-state index contributed by atoms with van der Waals surface area (Å²) in [6.07, 6.45) is 3.03. The molecule has 0 saturated carbocycles. The molecule has 0 aliphatic rings. The number of aromatic nitrogens is 3. The van der Waals surface area contributed by atoms with E-state index in [0.717, 1.165) is 34.9 Å². The molecule has 0 unspecified atom stereocenters. The van der Waals surface area contributed by atoms with Crippen LogP contribution in [0.25, 0.3) is 16.6 Å². The van der Waals surface area contributed by atoms with Gasteiger partial charge < -0.3 is 30.2 Å². The number of benzene rings is 1. The van der Waals surface area contributed by atoms with Crippen LogP contribution in [0.15, 0.2) is 46.0 Å². The molecule has 0 amide bonds. The molecule has 0 fully saturated rings. The van der Waals surface area contributed by atoms with Crippen molar-refractivity contribution < 1.29 is 19.0 Å². The van der Waals surface area contributed by atoms with E-state index in [-0.39, 0.29) is 11.4 Å². The molecule has 3 aromatic rings. The lowest BCUT2D eigenvalue weighted by molar-refractivity contribution is 0.0600. The zero-order valence-electron chi connectivity index (χ0n) is 20.8. The Morgan fingerprint density at radius 1 is 1.25 bits per heavy atom. The highest BCUT2D eigenvalue weighted by Gasteiger charge is 2.18. The van der Waals surface area contributed by atoms with Crippen molar-refractivity contribution in [2.45, 2.75) is 26.3 Å². The van der Waals surface area contributed by atoms with E-state index in [4.69, 9.17) is 25.7 Å². The number of carbonyl (C=O) groups excluding carboxylic acids is 1. The van der Waals surface area contributed by atoms with Crippen LogP contribution >= 0.6 is 15.9 Å². The van der Waals surface area contributed by atoms with E-state index < -0.39 is 5.97 Å². The summed E-state index contributed by atoms with van der Waals surface area (Å²) in [6.45, 7) is 3.33. The molecule has 0 saturated heterocycles. The number of halogens is 1. The minimum Gasteiger partial charge on any atom is -0.481 e. The van der Waals surface area contributed by atoms with E-state index in [2.05, 4.69) is 37.8 Å². The van der Waals surface area contributed by atoms with Crippen LogP contribution in [0, 0.1) is 5.92 Å². The normalized spacial score (nSPS) is 13.0. The molecule has 10 nitrogen and oxygen atoms in total. The van der Waals surface area contributed by atoms with Gasteiger partial charge in [0.1, 0.15) is 0 Å². The average Bonchev–Trinajstić information content (AvgIpc) is 3.18. The van der Waals surface area contributed by atoms with E-state index >= 15 is 0 Å². The summed E-state index contributed by atoms with van der Waals surface area (Å²) in [5, 5.41) is 0. The quantitative estimate of drug-likeness (QED) is 0.164. The molecular weight excluding hydrogens is 528 g/mol. The van der Waals surface area contributed by atoms with Crippen LogP contribution in [-0.2, 0) is 16.0 Å². The number of pyridine rings is 1. The number of rotatable bonds is 10. The Balaban J connectivity index is 1.62. The first-order chi connectivity index (χ1) is 17.3. The predicted molar refractivity (Wildman–Crippen MR) is 144 cm³/mol. The summed E-state index contributed by atoms with van der Waals surface area (Å²) >= 11 is 3.51. The fourth-order valence-corrected chi connectivity index (χ4v) is 4.17. The lowest BCUT2D eigenvalue weighted by atomic mass is 10.1. The molecule has 0 aliphatic carbocycles. The van der Waals surface area contributed by atoms with Gasteiger partial charge in [-0.3, -0.25) is 4.99 Å². The fraction of sp³-hybridized carbons (Fsp3) is 0.360. The fourth-order valence-electron chi connectivity index (χ4n) is 3.82. The summed E-state index contributed by atoms with van der Waals surface area (Å²) in [6, 6.07) is 8.97. The number of fused-ring (bicyclic) bond motifs is 1. The van der Waals surface area contributed by atoms with Gasteiger partial charge in [-0.15, -0.1) is 0 Å². The van der Waals surface area contributed by atoms with E-state index in [1.165, 1.54) is 26.5 Å². The van der Waals surface area contributed by atoms with Crippen LogP contribution in [0.5, 0.6) is 5.88 Å².